The number of benzene rings is 1. The zero-order valence-electron chi connectivity index (χ0n) is 10.4. The van der Waals surface area contributed by atoms with Crippen molar-refractivity contribution in [2.75, 3.05) is 6.61 Å². The maximum atomic E-state index is 13.6. The standard InChI is InChI=1S/C14H15BrF2O2/c15-11-8-12(16)10(7-13(11)17)14(18)5-4-9-3-1-2-6-19-9/h7-9H,1-6H2. The van der Waals surface area contributed by atoms with Crippen molar-refractivity contribution in [3.8, 4) is 0 Å². The van der Waals surface area contributed by atoms with Gasteiger partial charge in [-0.1, -0.05) is 0 Å². The lowest BCUT2D eigenvalue weighted by Crippen LogP contribution is -2.20. The predicted molar refractivity (Wildman–Crippen MR) is 71.2 cm³/mol. The summed E-state index contributed by atoms with van der Waals surface area (Å²) in [5.74, 6) is -1.69. The van der Waals surface area contributed by atoms with Gasteiger partial charge in [-0.3, -0.25) is 4.79 Å². The Hall–Kier alpha value is -0.810. The molecule has 1 saturated heterocycles. The van der Waals surface area contributed by atoms with E-state index in [9.17, 15) is 13.6 Å². The van der Waals surface area contributed by atoms with Crippen LogP contribution in [-0.2, 0) is 4.74 Å². The Morgan fingerprint density at radius 2 is 2.11 bits per heavy atom. The molecule has 104 valence electrons. The van der Waals surface area contributed by atoms with Crippen molar-refractivity contribution < 1.29 is 18.3 Å². The summed E-state index contributed by atoms with van der Waals surface area (Å²) in [6.45, 7) is 0.722. The second-order valence-corrected chi connectivity index (χ2v) is 5.55. The molecule has 1 aliphatic rings. The number of ketones is 1. The molecule has 1 aromatic carbocycles. The van der Waals surface area contributed by atoms with Gasteiger partial charge < -0.3 is 4.74 Å². The van der Waals surface area contributed by atoms with Crippen LogP contribution in [0.2, 0.25) is 0 Å². The van der Waals surface area contributed by atoms with Crippen LogP contribution in [0.4, 0.5) is 8.78 Å². The molecule has 0 N–H and O–H groups in total. The monoisotopic (exact) mass is 332 g/mol. The minimum atomic E-state index is -0.692. The number of carbonyl (C=O) groups is 1. The SMILES string of the molecule is O=C(CCC1CCCCO1)c1cc(F)c(Br)cc1F. The number of rotatable bonds is 4. The second-order valence-electron chi connectivity index (χ2n) is 4.70. The summed E-state index contributed by atoms with van der Waals surface area (Å²) in [5, 5.41) is 0. The molecule has 1 fully saturated rings. The van der Waals surface area contributed by atoms with Crippen LogP contribution in [0, 0.1) is 11.6 Å². The van der Waals surface area contributed by atoms with Crippen molar-refractivity contribution in [2.24, 2.45) is 0 Å². The van der Waals surface area contributed by atoms with Crippen LogP contribution in [0.25, 0.3) is 0 Å². The minimum Gasteiger partial charge on any atom is -0.378 e. The lowest BCUT2D eigenvalue weighted by molar-refractivity contribution is 0.0104. The van der Waals surface area contributed by atoms with Crippen LogP contribution < -0.4 is 0 Å². The average molecular weight is 333 g/mol. The minimum absolute atomic E-state index is 0.0252. The largest absolute Gasteiger partial charge is 0.378 e. The molecule has 0 bridgehead atoms. The Balaban J connectivity index is 1.97. The molecule has 1 aromatic rings. The van der Waals surface area contributed by atoms with Gasteiger partial charge in [-0.2, -0.15) is 0 Å². The Morgan fingerprint density at radius 3 is 2.79 bits per heavy atom. The molecular formula is C14H15BrF2O2. The summed E-state index contributed by atoms with van der Waals surface area (Å²) in [5.41, 5.74) is -0.184. The molecule has 2 nitrogen and oxygen atoms in total. The molecule has 0 saturated carbocycles. The Kier molecular flexibility index (Phi) is 5.05. The summed E-state index contributed by atoms with van der Waals surface area (Å²) in [6, 6.07) is 1.93. The lowest BCUT2D eigenvalue weighted by atomic mass is 10.00. The van der Waals surface area contributed by atoms with Crippen molar-refractivity contribution in [1.29, 1.82) is 0 Å². The first-order valence-electron chi connectivity index (χ1n) is 6.37. The van der Waals surface area contributed by atoms with Gasteiger partial charge in [0.25, 0.3) is 0 Å². The molecule has 1 atom stereocenters. The Labute approximate surface area is 119 Å². The van der Waals surface area contributed by atoms with Gasteiger partial charge in [0, 0.05) is 13.0 Å². The van der Waals surface area contributed by atoms with E-state index in [1.54, 1.807) is 0 Å². The van der Waals surface area contributed by atoms with E-state index in [1.807, 2.05) is 0 Å². The summed E-state index contributed by atoms with van der Waals surface area (Å²) in [7, 11) is 0. The number of carbonyl (C=O) groups excluding carboxylic acids is 1. The summed E-state index contributed by atoms with van der Waals surface area (Å²) < 4.78 is 32.5. The number of halogens is 3. The molecule has 0 radical (unpaired) electrons. The second kappa shape index (κ2) is 6.57. The predicted octanol–water partition coefficient (Wildman–Crippen LogP) is 4.26. The van der Waals surface area contributed by atoms with Crippen molar-refractivity contribution in [2.45, 2.75) is 38.2 Å². The number of ether oxygens (including phenoxy) is 1. The van der Waals surface area contributed by atoms with Crippen molar-refractivity contribution in [3.63, 3.8) is 0 Å². The van der Waals surface area contributed by atoms with Gasteiger partial charge in [-0.15, -0.1) is 0 Å². The topological polar surface area (TPSA) is 26.3 Å². The first-order valence-corrected chi connectivity index (χ1v) is 7.16. The van der Waals surface area contributed by atoms with Crippen LogP contribution >= 0.6 is 15.9 Å². The molecule has 0 aromatic heterocycles. The average Bonchev–Trinajstić information content (AvgIpc) is 2.41. The summed E-state index contributed by atoms with van der Waals surface area (Å²) in [4.78, 5) is 11.9. The van der Waals surface area contributed by atoms with E-state index >= 15 is 0 Å². The fourth-order valence-electron chi connectivity index (χ4n) is 2.20. The molecule has 0 spiro atoms. The van der Waals surface area contributed by atoms with E-state index in [-0.39, 0.29) is 28.3 Å². The van der Waals surface area contributed by atoms with Crippen molar-refractivity contribution in [3.05, 3.63) is 33.8 Å². The van der Waals surface area contributed by atoms with Crippen LogP contribution in [0.5, 0.6) is 0 Å². The summed E-state index contributed by atoms with van der Waals surface area (Å²) >= 11 is 2.88. The third kappa shape index (κ3) is 3.83. The summed E-state index contributed by atoms with van der Waals surface area (Å²) in [6.07, 6.45) is 3.90. The zero-order valence-corrected chi connectivity index (χ0v) is 12.0. The van der Waals surface area contributed by atoms with E-state index < -0.39 is 11.6 Å². The van der Waals surface area contributed by atoms with Gasteiger partial charge in [0.15, 0.2) is 5.78 Å². The van der Waals surface area contributed by atoms with E-state index in [0.717, 1.165) is 38.0 Å². The quantitative estimate of drug-likeness (QED) is 0.608. The van der Waals surface area contributed by atoms with Crippen molar-refractivity contribution >= 4 is 21.7 Å². The van der Waals surface area contributed by atoms with Crippen LogP contribution in [0.3, 0.4) is 0 Å². The smallest absolute Gasteiger partial charge is 0.166 e. The normalized spacial score (nSPS) is 19.4. The lowest BCUT2D eigenvalue weighted by Gasteiger charge is -2.22. The Morgan fingerprint density at radius 1 is 1.32 bits per heavy atom. The molecular weight excluding hydrogens is 318 g/mol. The third-order valence-electron chi connectivity index (χ3n) is 3.28. The highest BCUT2D eigenvalue weighted by atomic mass is 79.9. The molecule has 19 heavy (non-hydrogen) atoms. The van der Waals surface area contributed by atoms with Gasteiger partial charge in [0.05, 0.1) is 16.1 Å². The van der Waals surface area contributed by atoms with Gasteiger partial charge in [-0.25, -0.2) is 8.78 Å². The maximum absolute atomic E-state index is 13.6. The number of hydrogen-bond acceptors (Lipinski definition) is 2. The highest BCUT2D eigenvalue weighted by Crippen LogP contribution is 2.23. The first kappa shape index (κ1) is 14.6. The third-order valence-corrected chi connectivity index (χ3v) is 3.89. The van der Waals surface area contributed by atoms with Crippen LogP contribution in [-0.4, -0.2) is 18.5 Å². The first-order chi connectivity index (χ1) is 9.08. The Bertz CT molecular complexity index is 471. The van der Waals surface area contributed by atoms with E-state index in [4.69, 9.17) is 4.74 Å². The molecule has 1 unspecified atom stereocenters. The van der Waals surface area contributed by atoms with Gasteiger partial charge in [0.1, 0.15) is 11.6 Å². The maximum Gasteiger partial charge on any atom is 0.166 e. The number of Topliss-reactive ketones (excluding diaryl/α,β-unsaturated/α-hetero) is 1. The molecule has 1 aliphatic heterocycles. The zero-order chi connectivity index (χ0) is 13.8. The van der Waals surface area contributed by atoms with E-state index in [2.05, 4.69) is 15.9 Å². The van der Waals surface area contributed by atoms with Crippen molar-refractivity contribution in [1.82, 2.24) is 0 Å². The van der Waals surface area contributed by atoms with Crippen LogP contribution in [0.1, 0.15) is 42.5 Å². The van der Waals surface area contributed by atoms with Crippen LogP contribution in [0.15, 0.2) is 16.6 Å². The highest BCUT2D eigenvalue weighted by Gasteiger charge is 2.19. The van der Waals surface area contributed by atoms with E-state index in [1.165, 1.54) is 0 Å². The van der Waals surface area contributed by atoms with E-state index in [0.29, 0.717) is 6.42 Å². The fourth-order valence-corrected chi connectivity index (χ4v) is 2.51. The van der Waals surface area contributed by atoms with Gasteiger partial charge in [-0.05, 0) is 53.7 Å². The molecule has 5 heteroatoms. The highest BCUT2D eigenvalue weighted by molar-refractivity contribution is 9.10. The number of hydrogen-bond donors (Lipinski definition) is 0. The van der Waals surface area contributed by atoms with Gasteiger partial charge in [0.2, 0.25) is 0 Å². The molecule has 0 amide bonds. The molecule has 1 heterocycles. The fraction of sp³-hybridized carbons (Fsp3) is 0.500. The molecule has 2 rings (SSSR count). The van der Waals surface area contributed by atoms with Gasteiger partial charge >= 0.3 is 0 Å². The molecule has 0 aliphatic carbocycles.